The second-order valence-electron chi connectivity index (χ2n) is 6.77. The van der Waals surface area contributed by atoms with Crippen LogP contribution >= 0.6 is 0 Å². The van der Waals surface area contributed by atoms with E-state index in [9.17, 15) is 13.2 Å². The first-order valence-corrected chi connectivity index (χ1v) is 11.0. The average molecular weight is 458 g/mol. The minimum Gasteiger partial charge on any atom is -0.497 e. The second kappa shape index (κ2) is 9.56. The van der Waals surface area contributed by atoms with Crippen molar-refractivity contribution in [3.05, 3.63) is 59.5 Å². The Labute approximate surface area is 186 Å². The first kappa shape index (κ1) is 22.9. The summed E-state index contributed by atoms with van der Waals surface area (Å²) in [5, 5.41) is 6.52. The molecule has 1 heterocycles. The van der Waals surface area contributed by atoms with E-state index in [2.05, 4.69) is 15.2 Å². The summed E-state index contributed by atoms with van der Waals surface area (Å²) in [6, 6.07) is 11.3. The average Bonchev–Trinajstić information content (AvgIpc) is 3.10. The number of rotatable bonds is 8. The molecule has 0 unspecified atom stereocenters. The van der Waals surface area contributed by atoms with E-state index in [0.29, 0.717) is 34.1 Å². The molecule has 3 rings (SSSR count). The van der Waals surface area contributed by atoms with Gasteiger partial charge in [0.15, 0.2) is 5.76 Å². The van der Waals surface area contributed by atoms with Gasteiger partial charge < -0.3 is 19.3 Å². The van der Waals surface area contributed by atoms with Crippen LogP contribution in [0.2, 0.25) is 0 Å². The number of carbonyl (C=O) groups is 1. The van der Waals surface area contributed by atoms with Gasteiger partial charge in [0.05, 0.1) is 19.9 Å². The second-order valence-corrected chi connectivity index (χ2v) is 8.42. The van der Waals surface area contributed by atoms with Gasteiger partial charge in [0, 0.05) is 13.0 Å². The van der Waals surface area contributed by atoms with Gasteiger partial charge in [-0.05, 0) is 42.8 Å². The summed E-state index contributed by atoms with van der Waals surface area (Å²) < 4.78 is 44.3. The van der Waals surface area contributed by atoms with Crippen LogP contribution in [0.5, 0.6) is 11.5 Å². The largest absolute Gasteiger partial charge is 0.497 e. The lowest BCUT2D eigenvalue weighted by atomic mass is 10.2. The zero-order valence-corrected chi connectivity index (χ0v) is 18.8. The molecule has 10 heteroatoms. The molecule has 9 nitrogen and oxygen atoms in total. The third kappa shape index (κ3) is 5.27. The Balaban J connectivity index is 1.93. The van der Waals surface area contributed by atoms with Gasteiger partial charge in [-0.2, -0.15) is 0 Å². The van der Waals surface area contributed by atoms with Gasteiger partial charge in [-0.3, -0.25) is 9.52 Å². The zero-order chi connectivity index (χ0) is 23.3. The van der Waals surface area contributed by atoms with Gasteiger partial charge in [0.25, 0.3) is 10.0 Å². The van der Waals surface area contributed by atoms with E-state index in [1.54, 1.807) is 55.5 Å². The first-order chi connectivity index (χ1) is 15.2. The molecule has 2 aromatic carbocycles. The molecule has 1 aromatic heterocycles. The lowest BCUT2D eigenvalue weighted by Gasteiger charge is -2.13. The fraction of sp³-hybridized carbons (Fsp3) is 0.182. The molecule has 0 spiro atoms. The minimum absolute atomic E-state index is 0.0409. The molecule has 0 saturated heterocycles. The number of nitrogens with zero attached hydrogens (tertiary/aromatic N) is 1. The molecule has 0 fully saturated rings. The fourth-order valence-corrected chi connectivity index (χ4v) is 4.16. The first-order valence-electron chi connectivity index (χ1n) is 9.50. The molecule has 0 aliphatic heterocycles. The molecule has 0 saturated carbocycles. The molecular formula is C22H23N3O6S. The van der Waals surface area contributed by atoms with Crippen LogP contribution < -0.4 is 19.5 Å². The van der Waals surface area contributed by atoms with Crippen molar-refractivity contribution in [2.24, 2.45) is 0 Å². The Hall–Kier alpha value is -3.79. The predicted octanol–water partition coefficient (Wildman–Crippen LogP) is 3.93. The summed E-state index contributed by atoms with van der Waals surface area (Å²) in [5.41, 5.74) is 1.90. The van der Waals surface area contributed by atoms with Crippen LogP contribution in [0.25, 0.3) is 12.2 Å². The third-order valence-corrected chi connectivity index (χ3v) is 5.82. The number of aromatic nitrogens is 1. The van der Waals surface area contributed by atoms with E-state index < -0.39 is 10.0 Å². The van der Waals surface area contributed by atoms with Crippen molar-refractivity contribution in [3.63, 3.8) is 0 Å². The number of aryl methyl sites for hydroxylation is 1. The molecule has 1 amide bonds. The topological polar surface area (TPSA) is 120 Å². The van der Waals surface area contributed by atoms with E-state index in [4.69, 9.17) is 14.0 Å². The monoisotopic (exact) mass is 457 g/mol. The Bertz CT molecular complexity index is 1260. The van der Waals surface area contributed by atoms with Gasteiger partial charge in [0.2, 0.25) is 5.91 Å². The third-order valence-electron chi connectivity index (χ3n) is 4.42. The van der Waals surface area contributed by atoms with Crippen LogP contribution in [-0.2, 0) is 14.8 Å². The summed E-state index contributed by atoms with van der Waals surface area (Å²) in [5.74, 6) is 0.790. The van der Waals surface area contributed by atoms with Gasteiger partial charge in [-0.25, -0.2) is 8.42 Å². The van der Waals surface area contributed by atoms with E-state index in [1.807, 2.05) is 0 Å². The SMILES string of the molecule is COc1cccc(NS(=O)(=O)c2cc(/C=C\c3onc(C)c3NC(C)=O)ccc2OC)c1. The van der Waals surface area contributed by atoms with E-state index in [0.717, 1.165) is 0 Å². The molecule has 168 valence electrons. The van der Waals surface area contributed by atoms with E-state index in [1.165, 1.54) is 27.2 Å². The quantitative estimate of drug-likeness (QED) is 0.526. The highest BCUT2D eigenvalue weighted by Crippen LogP contribution is 2.29. The lowest BCUT2D eigenvalue weighted by Crippen LogP contribution is -2.14. The van der Waals surface area contributed by atoms with Crippen molar-refractivity contribution in [3.8, 4) is 11.5 Å². The van der Waals surface area contributed by atoms with Crippen molar-refractivity contribution in [1.82, 2.24) is 5.16 Å². The molecule has 32 heavy (non-hydrogen) atoms. The van der Waals surface area contributed by atoms with Gasteiger partial charge in [-0.1, -0.05) is 23.4 Å². The highest BCUT2D eigenvalue weighted by Gasteiger charge is 2.20. The van der Waals surface area contributed by atoms with E-state index in [-0.39, 0.29) is 16.6 Å². The highest BCUT2D eigenvalue weighted by molar-refractivity contribution is 7.92. The fourth-order valence-electron chi connectivity index (χ4n) is 2.90. The Morgan fingerprint density at radius 1 is 1.09 bits per heavy atom. The van der Waals surface area contributed by atoms with Gasteiger partial charge >= 0.3 is 0 Å². The van der Waals surface area contributed by atoms with Crippen LogP contribution in [-0.4, -0.2) is 33.7 Å². The molecule has 2 N–H and O–H groups in total. The maximum Gasteiger partial charge on any atom is 0.265 e. The number of nitrogens with one attached hydrogen (secondary N) is 2. The zero-order valence-electron chi connectivity index (χ0n) is 18.0. The highest BCUT2D eigenvalue weighted by atomic mass is 32.2. The Morgan fingerprint density at radius 2 is 1.88 bits per heavy atom. The lowest BCUT2D eigenvalue weighted by molar-refractivity contribution is -0.114. The maximum absolute atomic E-state index is 13.1. The molecule has 0 bridgehead atoms. The summed E-state index contributed by atoms with van der Waals surface area (Å²) in [6.45, 7) is 3.09. The maximum atomic E-state index is 13.1. The number of carbonyl (C=O) groups excluding carboxylic acids is 1. The van der Waals surface area contributed by atoms with Crippen molar-refractivity contribution < 1.29 is 27.2 Å². The van der Waals surface area contributed by atoms with Crippen molar-refractivity contribution in [2.45, 2.75) is 18.7 Å². The standard InChI is InChI=1S/C22H23N3O6S/c1-14-22(23-15(2)26)20(31-24-14)11-9-16-8-10-19(30-4)21(12-16)32(27,28)25-17-6-5-7-18(13-17)29-3/h5-13,25H,1-4H3,(H,23,26)/b11-9-. The summed E-state index contributed by atoms with van der Waals surface area (Å²) in [6.07, 6.45) is 3.24. The Morgan fingerprint density at radius 3 is 2.56 bits per heavy atom. The van der Waals surface area contributed by atoms with Crippen LogP contribution in [0.1, 0.15) is 23.9 Å². The molecule has 0 aliphatic rings. The van der Waals surface area contributed by atoms with Crippen LogP contribution in [0.4, 0.5) is 11.4 Å². The smallest absolute Gasteiger partial charge is 0.265 e. The number of hydrogen-bond donors (Lipinski definition) is 2. The number of sulfonamides is 1. The van der Waals surface area contributed by atoms with Crippen molar-refractivity contribution in [1.29, 1.82) is 0 Å². The predicted molar refractivity (Wildman–Crippen MR) is 121 cm³/mol. The molecular weight excluding hydrogens is 434 g/mol. The van der Waals surface area contributed by atoms with Crippen molar-refractivity contribution in [2.75, 3.05) is 24.3 Å². The van der Waals surface area contributed by atoms with Gasteiger partial charge in [0.1, 0.15) is 27.8 Å². The number of hydrogen-bond acceptors (Lipinski definition) is 7. The van der Waals surface area contributed by atoms with E-state index >= 15 is 0 Å². The summed E-state index contributed by atoms with van der Waals surface area (Å²) in [7, 11) is -1.07. The number of anilines is 2. The van der Waals surface area contributed by atoms with Gasteiger partial charge in [-0.15, -0.1) is 0 Å². The minimum atomic E-state index is -3.96. The number of methoxy groups -OCH3 is 2. The Kier molecular flexibility index (Phi) is 6.84. The van der Waals surface area contributed by atoms with Crippen molar-refractivity contribution >= 4 is 39.5 Å². The summed E-state index contributed by atoms with van der Waals surface area (Å²) in [4.78, 5) is 11.4. The number of benzene rings is 2. The molecule has 0 radical (unpaired) electrons. The number of ether oxygens (including phenoxy) is 2. The van der Waals surface area contributed by atoms with Crippen LogP contribution in [0.15, 0.2) is 51.9 Å². The molecule has 0 aliphatic carbocycles. The normalized spacial score (nSPS) is 11.4. The number of amides is 1. The van der Waals surface area contributed by atoms with Crippen LogP contribution in [0.3, 0.4) is 0 Å². The summed E-state index contributed by atoms with van der Waals surface area (Å²) >= 11 is 0. The molecule has 3 aromatic rings. The van der Waals surface area contributed by atoms with Crippen LogP contribution in [0, 0.1) is 6.92 Å². The molecule has 0 atom stereocenters.